The molecule has 9 nitrogen and oxygen atoms in total. The summed E-state index contributed by atoms with van der Waals surface area (Å²) in [6.07, 6.45) is -0.598. The highest BCUT2D eigenvalue weighted by molar-refractivity contribution is 7.59. The fourth-order valence-electron chi connectivity index (χ4n) is 3.96. The van der Waals surface area contributed by atoms with Gasteiger partial charge in [-0.15, -0.1) is 11.3 Å². The van der Waals surface area contributed by atoms with E-state index in [0.29, 0.717) is 5.56 Å². The molecule has 1 N–H and O–H groups in total. The molecule has 1 aromatic carbocycles. The molecule has 0 radical (unpaired) electrons. The van der Waals surface area contributed by atoms with Gasteiger partial charge < -0.3 is 14.6 Å². The van der Waals surface area contributed by atoms with Crippen molar-refractivity contribution in [2.45, 2.75) is 72.3 Å². The van der Waals surface area contributed by atoms with E-state index >= 15 is 0 Å². The monoisotopic (exact) mass is 550 g/mol. The van der Waals surface area contributed by atoms with Crippen LogP contribution in [0.2, 0.25) is 0 Å². The Morgan fingerprint density at radius 3 is 2.19 bits per heavy atom. The third-order valence-electron chi connectivity index (χ3n) is 5.77. The summed E-state index contributed by atoms with van der Waals surface area (Å²) in [5.74, 6) is -1.94. The number of ether oxygens (including phenoxy) is 2. The number of carboxylic acids is 1. The molecular weight excluding hydrogens is 516 g/mol. The van der Waals surface area contributed by atoms with E-state index in [0.717, 1.165) is 21.5 Å². The van der Waals surface area contributed by atoms with Crippen LogP contribution >= 0.6 is 24.8 Å². The summed E-state index contributed by atoms with van der Waals surface area (Å²) in [6, 6.07) is 9.33. The Morgan fingerprint density at radius 1 is 1.08 bits per heavy atom. The molecule has 2 heterocycles. The van der Waals surface area contributed by atoms with Crippen LogP contribution in [0.1, 0.15) is 68.4 Å². The van der Waals surface area contributed by atoms with E-state index < -0.39 is 40.4 Å². The number of fused-ring (bicyclic) bond motifs is 1. The van der Waals surface area contributed by atoms with Crippen molar-refractivity contribution in [3.8, 4) is 0 Å². The van der Waals surface area contributed by atoms with Gasteiger partial charge in [0.05, 0.1) is 24.1 Å². The Balaban J connectivity index is 0.00000481. The normalized spacial score (nSPS) is 12.7. The lowest BCUT2D eigenvalue weighted by Gasteiger charge is -2.29. The van der Waals surface area contributed by atoms with Gasteiger partial charge in [0, 0.05) is 0 Å². The number of hydrogen-bond acceptors (Lipinski definition) is 7. The quantitative estimate of drug-likeness (QED) is 0.418. The van der Waals surface area contributed by atoms with Crippen molar-refractivity contribution in [1.29, 1.82) is 0 Å². The summed E-state index contributed by atoms with van der Waals surface area (Å²) in [5, 5.41) is 9.96. The highest BCUT2D eigenvalue weighted by atomic mass is 32.1. The zero-order chi connectivity index (χ0) is 27.0. The standard InChI is InChI=1S/C26H32N2O7S.H2S/c1-8-34-22(30)19-15(2)18-20(29)28(26(6,7)23(31)32)24(33)27(21(18)36-19)14-17(35-25(3,4)5)16-12-10-9-11-13-16;/h9-13,17H,8,14H2,1-7H3,(H,31,32);1H2/t17-;/m1./s1. The Labute approximate surface area is 226 Å². The van der Waals surface area contributed by atoms with Crippen LogP contribution in [0.5, 0.6) is 0 Å². The maximum atomic E-state index is 13.8. The van der Waals surface area contributed by atoms with E-state index in [4.69, 9.17) is 9.47 Å². The number of carboxylic acid groups (broad SMARTS) is 1. The second-order valence-corrected chi connectivity index (χ2v) is 11.0. The van der Waals surface area contributed by atoms with E-state index in [9.17, 15) is 24.3 Å². The summed E-state index contributed by atoms with van der Waals surface area (Å²) in [4.78, 5) is 52.5. The lowest BCUT2D eigenvalue weighted by Crippen LogP contribution is -2.52. The number of aryl methyl sites for hydroxylation is 1. The van der Waals surface area contributed by atoms with Crippen molar-refractivity contribution in [3.63, 3.8) is 0 Å². The van der Waals surface area contributed by atoms with Gasteiger partial charge in [0.1, 0.15) is 21.4 Å². The topological polar surface area (TPSA) is 117 Å². The van der Waals surface area contributed by atoms with Crippen molar-refractivity contribution < 1.29 is 24.2 Å². The van der Waals surface area contributed by atoms with E-state index in [1.807, 2.05) is 51.1 Å². The maximum absolute atomic E-state index is 13.8. The third-order valence-corrected chi connectivity index (χ3v) is 7.07. The molecule has 0 spiro atoms. The maximum Gasteiger partial charge on any atom is 0.348 e. The number of carbonyl (C=O) groups excluding carboxylic acids is 1. The number of aliphatic carboxylic acids is 1. The van der Waals surface area contributed by atoms with Crippen LogP contribution in [0.15, 0.2) is 39.9 Å². The van der Waals surface area contributed by atoms with Crippen LogP contribution in [0.4, 0.5) is 0 Å². The number of benzene rings is 1. The zero-order valence-electron chi connectivity index (χ0n) is 22.1. The Bertz CT molecular complexity index is 1410. The minimum absolute atomic E-state index is 0. The van der Waals surface area contributed by atoms with Gasteiger partial charge in [-0.3, -0.25) is 9.36 Å². The molecule has 202 valence electrons. The lowest BCUT2D eigenvalue weighted by molar-refractivity contribution is -0.146. The number of aromatic nitrogens is 2. The Kier molecular flexibility index (Phi) is 9.22. The molecule has 0 saturated carbocycles. The van der Waals surface area contributed by atoms with Crippen LogP contribution in [0.25, 0.3) is 10.2 Å². The van der Waals surface area contributed by atoms with Gasteiger partial charge in [-0.2, -0.15) is 13.5 Å². The average Bonchev–Trinajstić information content (AvgIpc) is 3.13. The predicted octanol–water partition coefficient (Wildman–Crippen LogP) is 4.20. The van der Waals surface area contributed by atoms with Crippen LogP contribution < -0.4 is 11.2 Å². The van der Waals surface area contributed by atoms with E-state index in [2.05, 4.69) is 0 Å². The first-order valence-corrected chi connectivity index (χ1v) is 12.4. The third kappa shape index (κ3) is 6.00. The molecule has 2 aromatic heterocycles. The van der Waals surface area contributed by atoms with Crippen LogP contribution in [-0.4, -0.2) is 38.4 Å². The fourth-order valence-corrected chi connectivity index (χ4v) is 5.15. The highest BCUT2D eigenvalue weighted by Crippen LogP contribution is 2.32. The number of esters is 1. The number of thiophene rings is 1. The Hall–Kier alpha value is -2.89. The summed E-state index contributed by atoms with van der Waals surface area (Å²) < 4.78 is 13.5. The molecule has 3 rings (SSSR count). The van der Waals surface area contributed by atoms with Gasteiger partial charge in [-0.1, -0.05) is 30.3 Å². The summed E-state index contributed by atoms with van der Waals surface area (Å²) in [5.41, 5.74) is -2.82. The van der Waals surface area contributed by atoms with Gasteiger partial charge in [0.25, 0.3) is 5.56 Å². The van der Waals surface area contributed by atoms with E-state index in [-0.39, 0.29) is 41.7 Å². The van der Waals surface area contributed by atoms with Gasteiger partial charge >= 0.3 is 17.6 Å². The molecule has 0 bridgehead atoms. The molecule has 11 heteroatoms. The lowest BCUT2D eigenvalue weighted by atomic mass is 10.1. The average molecular weight is 551 g/mol. The number of carbonyl (C=O) groups is 2. The number of nitrogens with zero attached hydrogens (tertiary/aromatic N) is 2. The smallest absolute Gasteiger partial charge is 0.348 e. The summed E-state index contributed by atoms with van der Waals surface area (Å²) in [7, 11) is 0. The predicted molar refractivity (Wildman–Crippen MR) is 148 cm³/mol. The fraction of sp³-hybridized carbons (Fsp3) is 0.462. The van der Waals surface area contributed by atoms with Crippen molar-refractivity contribution in [2.24, 2.45) is 0 Å². The summed E-state index contributed by atoms with van der Waals surface area (Å²) >= 11 is 0.982. The molecular formula is C26H34N2O7S2. The van der Waals surface area contributed by atoms with E-state index in [1.165, 1.54) is 18.4 Å². The van der Waals surface area contributed by atoms with Gasteiger partial charge in [-0.05, 0) is 59.6 Å². The van der Waals surface area contributed by atoms with Crippen molar-refractivity contribution in [1.82, 2.24) is 9.13 Å². The van der Waals surface area contributed by atoms with Gasteiger partial charge in [0.15, 0.2) is 0 Å². The first-order chi connectivity index (χ1) is 16.7. The zero-order valence-corrected chi connectivity index (χ0v) is 23.9. The largest absolute Gasteiger partial charge is 0.480 e. The van der Waals surface area contributed by atoms with Crippen molar-refractivity contribution in [2.75, 3.05) is 6.61 Å². The van der Waals surface area contributed by atoms with Crippen LogP contribution in [0.3, 0.4) is 0 Å². The highest BCUT2D eigenvalue weighted by Gasteiger charge is 2.36. The van der Waals surface area contributed by atoms with Crippen LogP contribution in [-0.2, 0) is 26.4 Å². The molecule has 0 aliphatic carbocycles. The SMILES string of the molecule is CCOC(=O)c1sc2c(c1C)c(=O)n(C(C)(C)C(=O)O)c(=O)n2C[C@@H](OC(C)(C)C)c1ccccc1.S. The molecule has 0 fully saturated rings. The molecule has 0 amide bonds. The molecule has 0 aliphatic rings. The number of rotatable bonds is 8. The Morgan fingerprint density at radius 2 is 1.68 bits per heavy atom. The first-order valence-electron chi connectivity index (χ1n) is 11.6. The molecule has 0 unspecified atom stereocenters. The molecule has 0 saturated heterocycles. The second-order valence-electron chi connectivity index (χ2n) is 9.98. The number of hydrogen-bond donors (Lipinski definition) is 1. The minimum atomic E-state index is -1.84. The van der Waals surface area contributed by atoms with Gasteiger partial charge in [-0.25, -0.2) is 19.0 Å². The molecule has 37 heavy (non-hydrogen) atoms. The first kappa shape index (κ1) is 30.3. The van der Waals surface area contributed by atoms with Crippen molar-refractivity contribution in [3.05, 3.63) is 67.2 Å². The second kappa shape index (κ2) is 11.2. The van der Waals surface area contributed by atoms with Crippen molar-refractivity contribution >= 4 is 47.0 Å². The molecule has 0 aliphatic heterocycles. The van der Waals surface area contributed by atoms with Gasteiger partial charge in [0.2, 0.25) is 0 Å². The minimum Gasteiger partial charge on any atom is -0.480 e. The van der Waals surface area contributed by atoms with Crippen LogP contribution in [0, 0.1) is 6.92 Å². The molecule has 3 aromatic rings. The van der Waals surface area contributed by atoms with E-state index in [1.54, 1.807) is 13.8 Å². The molecule has 1 atom stereocenters. The summed E-state index contributed by atoms with van der Waals surface area (Å²) in [6.45, 7) is 11.7.